The SMILES string of the molecule is CC.CC.CCC1CN[C@@H]2CCCCC[C@@H]12.[B].[I][V][I]. The van der Waals surface area contributed by atoms with Crippen molar-refractivity contribution >= 4 is 48.4 Å². The molecule has 0 bridgehead atoms. The Balaban J connectivity index is -0.000000315. The van der Waals surface area contributed by atoms with Gasteiger partial charge < -0.3 is 5.32 Å². The summed E-state index contributed by atoms with van der Waals surface area (Å²) in [7, 11) is 0.628. The molecule has 20 heavy (non-hydrogen) atoms. The fraction of sp³-hybridized carbons (Fsp3) is 1.00. The fourth-order valence-electron chi connectivity index (χ4n) is 3.06. The van der Waals surface area contributed by atoms with Crippen LogP contribution >= 0.6 is 40.0 Å². The summed E-state index contributed by atoms with van der Waals surface area (Å²) in [4.78, 5) is 0. The molecule has 0 aromatic heterocycles. The van der Waals surface area contributed by atoms with Gasteiger partial charge >= 0.3 is 49.4 Å². The summed E-state index contributed by atoms with van der Waals surface area (Å²) in [6, 6.07) is 0.887. The zero-order valence-corrected chi connectivity index (χ0v) is 19.7. The van der Waals surface area contributed by atoms with Gasteiger partial charge in [0.25, 0.3) is 0 Å². The van der Waals surface area contributed by atoms with Crippen molar-refractivity contribution in [1.29, 1.82) is 0 Å². The second-order valence-corrected chi connectivity index (χ2v) is 16.3. The fourth-order valence-corrected chi connectivity index (χ4v) is 3.06. The van der Waals surface area contributed by atoms with Crippen LogP contribution in [-0.2, 0) is 9.47 Å². The van der Waals surface area contributed by atoms with Crippen molar-refractivity contribution in [2.45, 2.75) is 79.2 Å². The molecule has 1 aliphatic heterocycles. The number of hydrogen-bond donors (Lipinski definition) is 1. The van der Waals surface area contributed by atoms with Crippen LogP contribution in [0.15, 0.2) is 0 Å². The second-order valence-electron chi connectivity index (χ2n) is 4.55. The van der Waals surface area contributed by atoms with Crippen LogP contribution in [0.5, 0.6) is 0 Å². The molecule has 0 spiro atoms. The van der Waals surface area contributed by atoms with E-state index in [1.807, 2.05) is 27.7 Å². The van der Waals surface area contributed by atoms with Crippen LogP contribution in [0.3, 0.4) is 0 Å². The van der Waals surface area contributed by atoms with E-state index >= 15 is 0 Å². The maximum absolute atomic E-state index is 3.70. The molecular weight excluding hydrogens is 510 g/mol. The summed E-state index contributed by atoms with van der Waals surface area (Å²) in [6.07, 6.45) is 8.75. The number of rotatable bonds is 1. The van der Waals surface area contributed by atoms with Crippen LogP contribution in [0.25, 0.3) is 0 Å². The predicted octanol–water partition coefficient (Wildman–Crippen LogP) is 6.01. The Bertz CT molecular complexity index is 176. The van der Waals surface area contributed by atoms with Crippen molar-refractivity contribution < 1.29 is 9.47 Å². The van der Waals surface area contributed by atoms with E-state index in [2.05, 4.69) is 52.2 Å². The first-order valence-corrected chi connectivity index (χ1v) is 17.0. The van der Waals surface area contributed by atoms with Gasteiger partial charge in [-0.15, -0.1) is 0 Å². The topological polar surface area (TPSA) is 12.0 Å². The van der Waals surface area contributed by atoms with Gasteiger partial charge in [-0.3, -0.25) is 0 Å². The zero-order valence-electron chi connectivity index (χ0n) is 14.0. The molecule has 2 rings (SSSR count). The van der Waals surface area contributed by atoms with Crippen molar-refractivity contribution in [1.82, 2.24) is 5.32 Å². The van der Waals surface area contributed by atoms with E-state index in [0.29, 0.717) is 9.47 Å². The number of fused-ring (bicyclic) bond motifs is 1. The van der Waals surface area contributed by atoms with E-state index < -0.39 is 0 Å². The predicted molar refractivity (Wildman–Crippen MR) is 109 cm³/mol. The summed E-state index contributed by atoms with van der Waals surface area (Å²) in [5, 5.41) is 3.70. The van der Waals surface area contributed by atoms with Crippen LogP contribution in [0, 0.1) is 11.8 Å². The molecule has 3 radical (unpaired) electrons. The van der Waals surface area contributed by atoms with Gasteiger partial charge in [-0.1, -0.05) is 60.3 Å². The quantitative estimate of drug-likeness (QED) is 0.316. The molecule has 1 heterocycles. The Kier molecular flexibility index (Phi) is 28.4. The van der Waals surface area contributed by atoms with Crippen LogP contribution in [0.4, 0.5) is 0 Å². The minimum atomic E-state index is 0. The third-order valence-electron chi connectivity index (χ3n) is 3.84. The van der Waals surface area contributed by atoms with Crippen molar-refractivity contribution in [3.05, 3.63) is 0 Å². The number of halogens is 2. The van der Waals surface area contributed by atoms with Gasteiger partial charge in [-0.25, -0.2) is 0 Å². The average molecular weight is 543 g/mol. The van der Waals surface area contributed by atoms with Gasteiger partial charge in [-0.2, -0.15) is 0 Å². The molecule has 120 valence electrons. The van der Waals surface area contributed by atoms with E-state index in [1.165, 1.54) is 45.1 Å². The molecule has 1 unspecified atom stereocenters. The van der Waals surface area contributed by atoms with Crippen LogP contribution in [0.1, 0.15) is 73.1 Å². The first-order chi connectivity index (χ1) is 9.33. The molecule has 1 saturated carbocycles. The Hall–Kier alpha value is 2.07. The Labute approximate surface area is 159 Å². The molecule has 5 heteroatoms. The van der Waals surface area contributed by atoms with Gasteiger partial charge in [-0.05, 0) is 31.2 Å². The molecule has 0 aromatic rings. The van der Waals surface area contributed by atoms with Crippen molar-refractivity contribution in [2.75, 3.05) is 6.54 Å². The van der Waals surface area contributed by atoms with E-state index in [1.54, 1.807) is 0 Å². The first-order valence-electron chi connectivity index (χ1n) is 7.99. The normalized spacial score (nSPS) is 26.6. The van der Waals surface area contributed by atoms with Gasteiger partial charge in [0, 0.05) is 14.5 Å². The Morgan fingerprint density at radius 1 is 1.00 bits per heavy atom. The maximum atomic E-state index is 3.70. The molecule has 1 saturated heterocycles. The van der Waals surface area contributed by atoms with Gasteiger partial charge in [0.15, 0.2) is 0 Å². The monoisotopic (exact) mass is 543 g/mol. The molecule has 3 atom stereocenters. The minimum absolute atomic E-state index is 0. The molecule has 2 aliphatic rings. The van der Waals surface area contributed by atoms with E-state index in [0.717, 1.165) is 17.9 Å². The first kappa shape index (κ1) is 26.9. The summed E-state index contributed by atoms with van der Waals surface area (Å²) in [6.45, 7) is 11.6. The third kappa shape index (κ3) is 11.6. The second kappa shape index (κ2) is 21.1. The summed E-state index contributed by atoms with van der Waals surface area (Å²) in [5.41, 5.74) is 0. The average Bonchev–Trinajstić information content (AvgIpc) is 2.71. The van der Waals surface area contributed by atoms with Gasteiger partial charge in [0.05, 0.1) is 0 Å². The molecule has 1 N–H and O–H groups in total. The number of nitrogens with one attached hydrogen (secondary N) is 1. The van der Waals surface area contributed by atoms with Crippen molar-refractivity contribution in [3.63, 3.8) is 0 Å². The molecule has 2 fully saturated rings. The van der Waals surface area contributed by atoms with Gasteiger partial charge in [0.1, 0.15) is 0 Å². The third-order valence-corrected chi connectivity index (χ3v) is 3.84. The van der Waals surface area contributed by atoms with E-state index in [-0.39, 0.29) is 8.41 Å². The molecule has 0 amide bonds. The van der Waals surface area contributed by atoms with Crippen LogP contribution in [-0.4, -0.2) is 21.0 Å². The van der Waals surface area contributed by atoms with Crippen molar-refractivity contribution in [3.8, 4) is 0 Å². The number of hydrogen-bond acceptors (Lipinski definition) is 1. The van der Waals surface area contributed by atoms with Crippen molar-refractivity contribution in [2.24, 2.45) is 11.8 Å². The summed E-state index contributed by atoms with van der Waals surface area (Å²) >= 11 is 4.74. The molecule has 1 aliphatic carbocycles. The van der Waals surface area contributed by atoms with Crippen LogP contribution < -0.4 is 5.32 Å². The standard InChI is InChI=1S/C11H21N.2C2H6.B.2HI.V/c1-2-9-8-12-11-7-5-3-4-6-10(9)11;2*1-2;;;;/h9-12H,2-8H2,1H3;2*1-2H3;;2*1H;/q;;;;;;+2/p-2/t9?,10-,11+;;;;;;/m0....../s1. The zero-order chi connectivity index (χ0) is 15.1. The molecular formula is C15H33BI2NV. The summed E-state index contributed by atoms with van der Waals surface area (Å²) in [5.74, 6) is 2.02. The molecule has 1 nitrogen and oxygen atoms in total. The Morgan fingerprint density at radius 3 is 2.00 bits per heavy atom. The van der Waals surface area contributed by atoms with Gasteiger partial charge in [0.2, 0.25) is 0 Å². The Morgan fingerprint density at radius 2 is 1.50 bits per heavy atom. The van der Waals surface area contributed by atoms with Crippen LogP contribution in [0.2, 0.25) is 0 Å². The van der Waals surface area contributed by atoms with E-state index in [4.69, 9.17) is 0 Å². The molecule has 0 aromatic carbocycles. The van der Waals surface area contributed by atoms with E-state index in [9.17, 15) is 0 Å². The summed E-state index contributed by atoms with van der Waals surface area (Å²) < 4.78 is 0.